The van der Waals surface area contributed by atoms with E-state index >= 15 is 0 Å². The van der Waals surface area contributed by atoms with Gasteiger partial charge >= 0.3 is 0 Å². The Labute approximate surface area is 130 Å². The molecule has 2 heterocycles. The zero-order valence-electron chi connectivity index (χ0n) is 13.4. The number of aromatic nitrogens is 2. The van der Waals surface area contributed by atoms with E-state index in [4.69, 9.17) is 0 Å². The molecule has 1 aromatic rings. The summed E-state index contributed by atoms with van der Waals surface area (Å²) in [6, 6.07) is 0. The first kappa shape index (κ1) is 15.0. The van der Waals surface area contributed by atoms with Crippen LogP contribution in [-0.4, -0.2) is 14.7 Å². The molecule has 3 rings (SSSR count). The standard InChI is InChI=1S/C18H28N2S/c1-16(2)8-12-21(20-11-10-19-15-20)13-9-18(14-21)17-6-4-3-5-7-17/h9-11,13-17H,3-8,12H2,1-2H3. The SMILES string of the molecule is CC(C)CCS1(n2ccnc2)C=CC(C2CCCCC2)=C1. The highest BCUT2D eigenvalue weighted by Gasteiger charge is 2.28. The minimum absolute atomic E-state index is 0.762. The van der Waals surface area contributed by atoms with Crippen LogP contribution in [-0.2, 0) is 0 Å². The van der Waals surface area contributed by atoms with Gasteiger partial charge in [-0.3, -0.25) is 3.97 Å². The fourth-order valence-electron chi connectivity index (χ4n) is 3.41. The van der Waals surface area contributed by atoms with Crippen molar-refractivity contribution in [2.24, 2.45) is 11.8 Å². The molecule has 0 spiro atoms. The van der Waals surface area contributed by atoms with E-state index in [9.17, 15) is 0 Å². The number of imidazole rings is 1. The molecule has 1 unspecified atom stereocenters. The highest BCUT2D eigenvalue weighted by molar-refractivity contribution is 8.37. The fourth-order valence-corrected chi connectivity index (χ4v) is 6.72. The topological polar surface area (TPSA) is 17.8 Å². The Morgan fingerprint density at radius 2 is 2.10 bits per heavy atom. The molecule has 1 aliphatic carbocycles. The van der Waals surface area contributed by atoms with Crippen LogP contribution in [0.25, 0.3) is 0 Å². The van der Waals surface area contributed by atoms with E-state index in [1.165, 1.54) is 44.3 Å². The van der Waals surface area contributed by atoms with Crippen molar-refractivity contribution in [2.45, 2.75) is 52.4 Å². The summed E-state index contributed by atoms with van der Waals surface area (Å²) in [7, 11) is -0.979. The van der Waals surface area contributed by atoms with Gasteiger partial charge in [0.05, 0.1) is 0 Å². The van der Waals surface area contributed by atoms with Gasteiger partial charge in [-0.25, -0.2) is 4.98 Å². The van der Waals surface area contributed by atoms with E-state index in [1.54, 1.807) is 5.57 Å². The molecule has 1 saturated carbocycles. The first-order valence-corrected chi connectivity index (χ1v) is 10.3. The van der Waals surface area contributed by atoms with Gasteiger partial charge in [0.25, 0.3) is 0 Å². The normalized spacial score (nSPS) is 29.6. The quantitative estimate of drug-likeness (QED) is 0.703. The van der Waals surface area contributed by atoms with Crippen molar-refractivity contribution in [3.8, 4) is 0 Å². The molecule has 21 heavy (non-hydrogen) atoms. The van der Waals surface area contributed by atoms with Gasteiger partial charge in [0.15, 0.2) is 0 Å². The summed E-state index contributed by atoms with van der Waals surface area (Å²) in [5, 5.41) is 5.12. The Hall–Kier alpha value is -0.960. The Balaban J connectivity index is 1.84. The molecule has 116 valence electrons. The minimum Gasteiger partial charge on any atom is -0.292 e. The predicted octanol–water partition coefficient (Wildman–Crippen LogP) is 5.49. The lowest BCUT2D eigenvalue weighted by molar-refractivity contribution is 0.409. The van der Waals surface area contributed by atoms with Gasteiger partial charge in [-0.15, -0.1) is 10.2 Å². The molecule has 1 atom stereocenters. The van der Waals surface area contributed by atoms with Crippen LogP contribution >= 0.6 is 10.2 Å². The summed E-state index contributed by atoms with van der Waals surface area (Å²) in [5.41, 5.74) is 1.61. The van der Waals surface area contributed by atoms with E-state index in [1.807, 2.05) is 12.5 Å². The van der Waals surface area contributed by atoms with Gasteiger partial charge in [-0.1, -0.05) is 39.2 Å². The average Bonchev–Trinajstić information content (AvgIpc) is 3.16. The molecule has 1 fully saturated rings. The summed E-state index contributed by atoms with van der Waals surface area (Å²) in [5.74, 6) is 2.83. The van der Waals surface area contributed by atoms with Crippen molar-refractivity contribution in [1.82, 2.24) is 8.96 Å². The van der Waals surface area contributed by atoms with Crippen LogP contribution in [0.15, 0.2) is 41.2 Å². The second-order valence-corrected chi connectivity index (χ2v) is 9.83. The molecular formula is C18H28N2S. The number of allylic oxidation sites excluding steroid dienone is 2. The first-order chi connectivity index (χ1) is 10.2. The molecule has 3 heteroatoms. The van der Waals surface area contributed by atoms with Gasteiger partial charge in [-0.05, 0) is 47.5 Å². The third-order valence-electron chi connectivity index (χ3n) is 4.81. The molecule has 0 saturated heterocycles. The molecule has 1 aromatic heterocycles. The van der Waals surface area contributed by atoms with Crippen LogP contribution in [0.2, 0.25) is 0 Å². The first-order valence-electron chi connectivity index (χ1n) is 8.39. The van der Waals surface area contributed by atoms with E-state index in [0.29, 0.717) is 0 Å². The van der Waals surface area contributed by atoms with Crippen LogP contribution in [0.1, 0.15) is 52.4 Å². The lowest BCUT2D eigenvalue weighted by atomic mass is 9.84. The Morgan fingerprint density at radius 3 is 2.76 bits per heavy atom. The number of hydrogen-bond donors (Lipinski definition) is 0. The molecule has 2 aliphatic rings. The largest absolute Gasteiger partial charge is 0.292 e. The summed E-state index contributed by atoms with van der Waals surface area (Å²) in [4.78, 5) is 4.30. The van der Waals surface area contributed by atoms with E-state index in [-0.39, 0.29) is 0 Å². The number of nitrogens with zero attached hydrogens (tertiary/aromatic N) is 2. The maximum Gasteiger partial charge on any atom is 0.104 e. The van der Waals surface area contributed by atoms with Crippen LogP contribution in [0.3, 0.4) is 0 Å². The van der Waals surface area contributed by atoms with Crippen LogP contribution in [0, 0.1) is 11.8 Å². The average molecular weight is 305 g/mol. The van der Waals surface area contributed by atoms with Crippen molar-refractivity contribution >= 4 is 10.2 Å². The third-order valence-corrected chi connectivity index (χ3v) is 7.99. The fraction of sp³-hybridized carbons (Fsp3) is 0.611. The summed E-state index contributed by atoms with van der Waals surface area (Å²) in [6.45, 7) is 4.65. The Bertz CT molecular complexity index is 509. The highest BCUT2D eigenvalue weighted by Crippen LogP contribution is 2.58. The van der Waals surface area contributed by atoms with Crippen LogP contribution < -0.4 is 0 Å². The van der Waals surface area contributed by atoms with Crippen molar-refractivity contribution in [3.05, 3.63) is 41.2 Å². The second-order valence-electron chi connectivity index (χ2n) is 6.87. The van der Waals surface area contributed by atoms with Gasteiger partial charge in [0, 0.05) is 18.1 Å². The van der Waals surface area contributed by atoms with Crippen molar-refractivity contribution in [1.29, 1.82) is 0 Å². The van der Waals surface area contributed by atoms with Gasteiger partial charge < -0.3 is 0 Å². The molecule has 0 amide bonds. The van der Waals surface area contributed by atoms with Gasteiger partial charge in [-0.2, -0.15) is 0 Å². The summed E-state index contributed by atoms with van der Waals surface area (Å²) in [6.07, 6.45) is 16.8. The number of hydrogen-bond acceptors (Lipinski definition) is 1. The maximum absolute atomic E-state index is 4.30. The van der Waals surface area contributed by atoms with Gasteiger partial charge in [0.2, 0.25) is 0 Å². The molecule has 0 N–H and O–H groups in total. The third kappa shape index (κ3) is 3.28. The minimum atomic E-state index is -0.979. The Morgan fingerprint density at radius 1 is 1.29 bits per heavy atom. The van der Waals surface area contributed by atoms with Gasteiger partial charge in [0.1, 0.15) is 6.33 Å². The number of rotatable bonds is 5. The summed E-state index contributed by atoms with van der Waals surface area (Å²) >= 11 is 0. The maximum atomic E-state index is 4.30. The van der Waals surface area contributed by atoms with E-state index in [2.05, 4.69) is 45.9 Å². The molecule has 0 radical (unpaired) electrons. The summed E-state index contributed by atoms with van der Waals surface area (Å²) < 4.78 is 2.38. The van der Waals surface area contributed by atoms with Crippen molar-refractivity contribution in [2.75, 3.05) is 5.75 Å². The smallest absolute Gasteiger partial charge is 0.104 e. The monoisotopic (exact) mass is 304 g/mol. The van der Waals surface area contributed by atoms with Crippen LogP contribution in [0.4, 0.5) is 0 Å². The van der Waals surface area contributed by atoms with E-state index < -0.39 is 10.2 Å². The molecule has 0 aromatic carbocycles. The predicted molar refractivity (Wildman–Crippen MR) is 93.3 cm³/mol. The lowest BCUT2D eigenvalue weighted by Crippen LogP contribution is -2.10. The molecular weight excluding hydrogens is 276 g/mol. The molecule has 1 aliphatic heterocycles. The molecule has 0 bridgehead atoms. The van der Waals surface area contributed by atoms with Crippen molar-refractivity contribution < 1.29 is 0 Å². The zero-order chi connectivity index (χ0) is 14.7. The van der Waals surface area contributed by atoms with Crippen molar-refractivity contribution in [3.63, 3.8) is 0 Å². The van der Waals surface area contributed by atoms with E-state index in [0.717, 1.165) is 11.8 Å². The Kier molecular flexibility index (Phi) is 4.58. The zero-order valence-corrected chi connectivity index (χ0v) is 14.2. The lowest BCUT2D eigenvalue weighted by Gasteiger charge is -2.34. The highest BCUT2D eigenvalue weighted by atomic mass is 32.3. The van der Waals surface area contributed by atoms with Crippen LogP contribution in [0.5, 0.6) is 0 Å². The second kappa shape index (κ2) is 6.43. The molecule has 2 nitrogen and oxygen atoms in total.